The Labute approximate surface area is 880 Å². The molecule has 0 N–H and O–H groups in total. The van der Waals surface area contributed by atoms with Gasteiger partial charge in [0.2, 0.25) is 0 Å². The Kier molecular flexibility index (Phi) is 53.9. The summed E-state index contributed by atoms with van der Waals surface area (Å²) in [5.74, 6) is 13.5. The van der Waals surface area contributed by atoms with Gasteiger partial charge >= 0.3 is 102 Å². The van der Waals surface area contributed by atoms with Gasteiger partial charge in [-0.05, 0) is 304 Å². The Morgan fingerprint density at radius 2 is 0.664 bits per heavy atom. The van der Waals surface area contributed by atoms with E-state index >= 15 is 0 Å². The quantitative estimate of drug-likeness (QED) is 0.0551. The summed E-state index contributed by atoms with van der Waals surface area (Å²) in [7, 11) is 19.7. The minimum Gasteiger partial charge on any atom is 4.00 e. The van der Waals surface area contributed by atoms with Crippen molar-refractivity contribution in [3.05, 3.63) is 334 Å². The van der Waals surface area contributed by atoms with Crippen molar-refractivity contribution in [2.24, 2.45) is 94.7 Å². The monoisotopic (exact) mass is 2120 g/mol. The van der Waals surface area contributed by atoms with E-state index in [0.717, 1.165) is 115 Å². The summed E-state index contributed by atoms with van der Waals surface area (Å²) < 4.78 is 0. The predicted octanol–water partition coefficient (Wildman–Crippen LogP) is 37.9. The Morgan fingerprint density at radius 1 is 0.351 bits per heavy atom. The Hall–Kier alpha value is -2.51. The van der Waals surface area contributed by atoms with Gasteiger partial charge in [0.15, 0.2) is 0 Å². The molecule has 6 fully saturated rings. The number of fused-ring (bicyclic) bond motifs is 8. The van der Waals surface area contributed by atoms with Crippen molar-refractivity contribution in [2.45, 2.75) is 327 Å². The van der Waals surface area contributed by atoms with Gasteiger partial charge in [-0.1, -0.05) is 363 Å². The molecule has 2 nitrogen and oxygen atoms in total. The molecule has 0 heterocycles. The van der Waals surface area contributed by atoms with Gasteiger partial charge in [0.05, 0.1) is 0 Å². The minimum absolute atomic E-state index is 0. The fourth-order valence-electron chi connectivity index (χ4n) is 30.0. The molecule has 0 aliphatic heterocycles. The van der Waals surface area contributed by atoms with Gasteiger partial charge in [-0.15, -0.1) is 0 Å². The van der Waals surface area contributed by atoms with Crippen LogP contribution in [-0.4, -0.2) is 26.2 Å². The van der Waals surface area contributed by atoms with Crippen molar-refractivity contribution in [1.82, 2.24) is 0 Å². The predicted molar refractivity (Wildman–Crippen MR) is 582 cm³/mol. The van der Waals surface area contributed by atoms with Crippen LogP contribution in [0.15, 0.2) is 225 Å². The number of benzene rings is 5. The number of aryl methyl sites for hydroxylation is 4. The molecule has 9 heteroatoms. The molecule has 20 rings (SSSR count). The molecule has 0 spiro atoms. The second kappa shape index (κ2) is 60.9. The largest absolute Gasteiger partial charge is 4.00 e. The molecule has 0 radical (unpaired) electrons. The van der Waals surface area contributed by atoms with Crippen molar-refractivity contribution in [1.29, 1.82) is 0 Å². The summed E-state index contributed by atoms with van der Waals surface area (Å²) in [5, 5.41) is 7.94. The standard InChI is InChI=1S/2C28H38.C28H37.C28H30.2C4H10N.5CH3.4ClH.3Zr/c4*1-2-3-11-22-20-27(25-17-8-7-16-24(22)25)28(23-14-5-6-15-23)19-10-13-21-12-4-9-18-26(21)28;2*1-3-5-4-2;;;;;;;;;;;;/h2*4,7-9,12,16-18,22-25,27H,2-3,5-6,10-11,13-15,19-20H2,1H3;4,7-9,12,14,16-18,22-25,27H,2-3,5-6,10-11,13,15,19-20H2,1H3;4-9,12,14-18,20,23,27H,2-3,10-11,13,19H2,1H3;2*3-4H2,1-2H3;5*1H3;4*1H;;;/q;;-1;;7*-1;;;;;3*+4/p-4/t;;22?,23?,24?,25?,27?,28-;;;;;;;;;;;;;;;/m..1.............../s1. The second-order valence-electron chi connectivity index (χ2n) is 41.0. The van der Waals surface area contributed by atoms with E-state index in [4.69, 9.17) is 34.1 Å². The van der Waals surface area contributed by atoms with E-state index in [1.807, 2.05) is 27.7 Å². The number of rotatable bonds is 24. The van der Waals surface area contributed by atoms with Gasteiger partial charge in [0, 0.05) is 28.1 Å². The maximum absolute atomic E-state index is 4.93. The third-order valence-electron chi connectivity index (χ3n) is 35.0. The van der Waals surface area contributed by atoms with Crippen molar-refractivity contribution >= 4 is 39.6 Å². The summed E-state index contributed by atoms with van der Waals surface area (Å²) in [6, 6.07) is 47.3. The third kappa shape index (κ3) is 27.0. The van der Waals surface area contributed by atoms with Crippen LogP contribution in [0.1, 0.15) is 335 Å². The summed E-state index contributed by atoms with van der Waals surface area (Å²) in [4.78, 5) is 0. The van der Waals surface area contributed by atoms with E-state index in [-0.39, 0.29) is 68.8 Å². The third-order valence-corrected chi connectivity index (χ3v) is 35.0. The van der Waals surface area contributed by atoms with E-state index in [2.05, 4.69) is 269 Å². The molecule has 15 aliphatic carbocycles. The zero-order chi connectivity index (χ0) is 89.6. The molecule has 134 heavy (non-hydrogen) atoms. The summed E-state index contributed by atoms with van der Waals surface area (Å²) in [6.07, 6.45) is 97.3. The molecule has 18 atom stereocenters. The number of unbranched alkanes of at least 4 members (excludes halogenated alkanes) is 4. The molecule has 0 bridgehead atoms. The fraction of sp³-hybridized carbons (Fsp3) is 0.568. The average Bonchev–Trinajstić information content (AvgIpc) is 1.54. The molecule has 5 aromatic carbocycles. The van der Waals surface area contributed by atoms with Crippen LogP contribution in [0.4, 0.5) is 0 Å². The van der Waals surface area contributed by atoms with Crippen molar-refractivity contribution < 1.29 is 67.9 Å². The molecular formula is C125H178Cl4N2Zr3. The van der Waals surface area contributed by atoms with Crippen molar-refractivity contribution in [3.8, 4) is 0 Å². The van der Waals surface area contributed by atoms with E-state index in [0.29, 0.717) is 28.1 Å². The Morgan fingerprint density at radius 3 is 1.01 bits per heavy atom. The molecule has 17 unspecified atom stereocenters. The first kappa shape index (κ1) is 118. The van der Waals surface area contributed by atoms with E-state index in [1.165, 1.54) is 250 Å². The zero-order valence-electron chi connectivity index (χ0n) is 85.9. The van der Waals surface area contributed by atoms with E-state index in [9.17, 15) is 0 Å². The SMILES string of the molecule is CCCCC1=CC(C2(C3C=CC=C3)CCCc3ccccc32)c2ccccc21.CCCCC1CC(C2(C3CCCC3)CCCc3ccccc32)C2C=CC=CC12.CCCCC1CC(C2(C3CCCC3)CCCc3ccccc32)C2C=CC=CC12.CCCCC1CC([C@@]2(C3[CH-]CCC3)CCCc3ccccc32)C2C=CC=CC12.CC[N-]CC.CC[N-]CC.[CH3-].[CH3-].[CH3-].[CH3-].[CH3-].[Cl][Zr+2][Cl].[Cl][Zr+2][Cl].[Zr+4]. The van der Waals surface area contributed by atoms with Crippen LogP contribution in [0.3, 0.4) is 0 Å². The van der Waals surface area contributed by atoms with Crippen LogP contribution in [0.2, 0.25) is 0 Å². The topological polar surface area (TPSA) is 28.2 Å². The van der Waals surface area contributed by atoms with Crippen LogP contribution in [0.25, 0.3) is 16.2 Å². The van der Waals surface area contributed by atoms with Crippen molar-refractivity contribution in [2.75, 3.05) is 26.2 Å². The van der Waals surface area contributed by atoms with Gasteiger partial charge < -0.3 is 54.2 Å². The first-order valence-corrected chi connectivity index (χ1v) is 65.3. The van der Waals surface area contributed by atoms with Crippen LogP contribution in [0, 0.1) is 138 Å². The minimum atomic E-state index is -0.826. The number of hydrogen-bond acceptors (Lipinski definition) is 0. The van der Waals surface area contributed by atoms with E-state index < -0.39 is 41.7 Å². The maximum atomic E-state index is 4.93. The van der Waals surface area contributed by atoms with Crippen LogP contribution >= 0.6 is 34.1 Å². The van der Waals surface area contributed by atoms with Gasteiger partial charge in [-0.25, -0.2) is 0 Å². The maximum Gasteiger partial charge on any atom is 4.00 e. The molecule has 0 amide bonds. The molecule has 0 aromatic heterocycles. The van der Waals surface area contributed by atoms with Crippen LogP contribution in [-0.2, 0) is 115 Å². The number of halogens is 4. The van der Waals surface area contributed by atoms with Crippen molar-refractivity contribution in [3.63, 3.8) is 0 Å². The Bertz CT molecular complexity index is 4130. The summed E-state index contributed by atoms with van der Waals surface area (Å²) in [6.45, 7) is 21.4. The number of nitrogens with zero attached hydrogens (tertiary/aromatic N) is 2. The fourth-order valence-corrected chi connectivity index (χ4v) is 30.0. The van der Waals surface area contributed by atoms with Gasteiger partial charge in [-0.3, -0.25) is 0 Å². The van der Waals surface area contributed by atoms with Crippen LogP contribution in [0.5, 0.6) is 0 Å². The average molecular weight is 2120 g/mol. The van der Waals surface area contributed by atoms with Gasteiger partial charge in [0.25, 0.3) is 0 Å². The number of hydrogen-bond donors (Lipinski definition) is 0. The Balaban J connectivity index is 0.000000228. The summed E-state index contributed by atoms with van der Waals surface area (Å²) >= 11 is -1.65. The smallest absolute Gasteiger partial charge is 4.00 e. The van der Waals surface area contributed by atoms with Gasteiger partial charge in [-0.2, -0.15) is 38.5 Å². The number of allylic oxidation sites excluding steroid dienone is 18. The molecule has 15 aliphatic rings. The second-order valence-corrected chi connectivity index (χ2v) is 48.4. The first-order valence-electron chi connectivity index (χ1n) is 52.6. The molecule has 6 saturated carbocycles. The molecule has 728 valence electrons. The normalized spacial score (nSPS) is 29.8. The van der Waals surface area contributed by atoms with E-state index in [1.54, 1.807) is 55.6 Å². The molecule has 0 saturated heterocycles. The molecule has 5 aromatic rings. The summed E-state index contributed by atoms with van der Waals surface area (Å²) in [5.41, 5.74) is 19.6. The zero-order valence-corrected chi connectivity index (χ0v) is 96.3. The van der Waals surface area contributed by atoms with Crippen LogP contribution < -0.4 is 0 Å². The van der Waals surface area contributed by atoms with Gasteiger partial charge in [0.1, 0.15) is 0 Å². The molecular weight excluding hydrogens is 1940 g/mol. The first-order chi connectivity index (χ1) is 63.0.